The van der Waals surface area contributed by atoms with Gasteiger partial charge in [0, 0.05) is 24.9 Å². The molecule has 3 rings (SSSR count). The predicted molar refractivity (Wildman–Crippen MR) is 133 cm³/mol. The van der Waals surface area contributed by atoms with Gasteiger partial charge in [-0.2, -0.15) is 0 Å². The Hall–Kier alpha value is -2.99. The van der Waals surface area contributed by atoms with E-state index < -0.39 is 0 Å². The highest BCUT2D eigenvalue weighted by atomic mass is 16.5. The molecule has 1 unspecified atom stereocenters. The van der Waals surface area contributed by atoms with E-state index in [4.69, 9.17) is 14.2 Å². The zero-order valence-corrected chi connectivity index (χ0v) is 20.2. The Balaban J connectivity index is 1.66. The summed E-state index contributed by atoms with van der Waals surface area (Å²) in [6.45, 7) is 12.5. The van der Waals surface area contributed by atoms with Crippen molar-refractivity contribution in [1.29, 1.82) is 0 Å². The van der Waals surface area contributed by atoms with Crippen molar-refractivity contribution in [2.75, 3.05) is 44.4 Å². The van der Waals surface area contributed by atoms with Crippen molar-refractivity contribution in [2.45, 2.75) is 33.7 Å². The third-order valence-electron chi connectivity index (χ3n) is 5.59. The molecule has 1 fully saturated rings. The van der Waals surface area contributed by atoms with Crippen LogP contribution in [0.2, 0.25) is 0 Å². The number of morpholine rings is 1. The molecule has 0 radical (unpaired) electrons. The van der Waals surface area contributed by atoms with Crippen LogP contribution in [0.25, 0.3) is 6.08 Å². The molecule has 1 aliphatic heterocycles. The number of ether oxygens (including phenoxy) is 3. The minimum Gasteiger partial charge on any atom is -0.490 e. The zero-order valence-electron chi connectivity index (χ0n) is 20.2. The predicted octanol–water partition coefficient (Wildman–Crippen LogP) is 4.85. The molecule has 6 heteroatoms. The van der Waals surface area contributed by atoms with E-state index in [-0.39, 0.29) is 17.9 Å². The van der Waals surface area contributed by atoms with Crippen molar-refractivity contribution in [3.05, 3.63) is 59.7 Å². The van der Waals surface area contributed by atoms with Crippen LogP contribution >= 0.6 is 0 Å². The lowest BCUT2D eigenvalue weighted by atomic mass is 9.95. The quantitative estimate of drug-likeness (QED) is 0.523. The molecular weight excluding hydrogens is 416 g/mol. The third kappa shape index (κ3) is 6.99. The zero-order chi connectivity index (χ0) is 23.6. The van der Waals surface area contributed by atoms with Crippen molar-refractivity contribution in [3.63, 3.8) is 0 Å². The number of nitrogens with one attached hydrogen (secondary N) is 1. The van der Waals surface area contributed by atoms with Crippen molar-refractivity contribution >= 4 is 17.7 Å². The summed E-state index contributed by atoms with van der Waals surface area (Å²) in [6.07, 6.45) is 3.44. The molecule has 178 valence electrons. The molecule has 33 heavy (non-hydrogen) atoms. The van der Waals surface area contributed by atoms with Crippen molar-refractivity contribution in [1.82, 2.24) is 5.32 Å². The summed E-state index contributed by atoms with van der Waals surface area (Å²) in [5.41, 5.74) is 3.16. The highest BCUT2D eigenvalue weighted by molar-refractivity contribution is 5.92. The number of hydrogen-bond acceptors (Lipinski definition) is 5. The molecule has 0 spiro atoms. The SMILES string of the molecule is CCOc1ccc(C(NC(=O)/C=C/c2ccc(N3CCOCC3)cc2)C(C)C)cc1OCC. The maximum atomic E-state index is 12.7. The van der Waals surface area contributed by atoms with E-state index in [9.17, 15) is 4.79 Å². The van der Waals surface area contributed by atoms with Gasteiger partial charge in [-0.15, -0.1) is 0 Å². The van der Waals surface area contributed by atoms with E-state index in [1.807, 2.05) is 50.3 Å². The van der Waals surface area contributed by atoms with Gasteiger partial charge in [-0.25, -0.2) is 0 Å². The Morgan fingerprint density at radius 1 is 1.03 bits per heavy atom. The van der Waals surface area contributed by atoms with Crippen LogP contribution in [0.3, 0.4) is 0 Å². The maximum absolute atomic E-state index is 12.7. The van der Waals surface area contributed by atoms with Crippen LogP contribution in [-0.4, -0.2) is 45.4 Å². The van der Waals surface area contributed by atoms with E-state index in [1.165, 1.54) is 5.69 Å². The first kappa shape index (κ1) is 24.6. The van der Waals surface area contributed by atoms with Crippen molar-refractivity contribution in [3.8, 4) is 11.5 Å². The summed E-state index contributed by atoms with van der Waals surface area (Å²) in [4.78, 5) is 15.0. The van der Waals surface area contributed by atoms with Gasteiger partial charge in [0.1, 0.15) is 0 Å². The Kier molecular flexibility index (Phi) is 9.19. The normalized spacial score (nSPS) is 15.0. The van der Waals surface area contributed by atoms with E-state index in [0.717, 1.165) is 43.2 Å². The molecular formula is C27H36N2O4. The van der Waals surface area contributed by atoms with Crippen LogP contribution in [-0.2, 0) is 9.53 Å². The number of nitrogens with zero attached hydrogens (tertiary/aromatic N) is 1. The average molecular weight is 453 g/mol. The van der Waals surface area contributed by atoms with Gasteiger partial charge in [0.25, 0.3) is 0 Å². The Labute approximate surface area is 197 Å². The molecule has 6 nitrogen and oxygen atoms in total. The fourth-order valence-electron chi connectivity index (χ4n) is 3.89. The first-order valence-corrected chi connectivity index (χ1v) is 11.8. The lowest BCUT2D eigenvalue weighted by Gasteiger charge is -2.28. The van der Waals surface area contributed by atoms with Crippen molar-refractivity contribution < 1.29 is 19.0 Å². The summed E-state index contributed by atoms with van der Waals surface area (Å²) in [6, 6.07) is 14.0. The van der Waals surface area contributed by atoms with Gasteiger partial charge in [-0.3, -0.25) is 4.79 Å². The summed E-state index contributed by atoms with van der Waals surface area (Å²) in [5.74, 6) is 1.50. The van der Waals surface area contributed by atoms with Gasteiger partial charge in [0.2, 0.25) is 5.91 Å². The lowest BCUT2D eigenvalue weighted by molar-refractivity contribution is -0.117. The van der Waals surface area contributed by atoms with E-state index in [0.29, 0.717) is 19.0 Å². The molecule has 2 aromatic rings. The minimum absolute atomic E-state index is 0.127. The molecule has 1 saturated heterocycles. The molecule has 1 heterocycles. The van der Waals surface area contributed by atoms with Crippen LogP contribution in [0, 0.1) is 5.92 Å². The Morgan fingerprint density at radius 3 is 2.33 bits per heavy atom. The number of rotatable bonds is 10. The number of benzene rings is 2. The summed E-state index contributed by atoms with van der Waals surface area (Å²) >= 11 is 0. The third-order valence-corrected chi connectivity index (χ3v) is 5.59. The standard InChI is InChI=1S/C27H36N2O4/c1-5-32-24-13-10-22(19-25(24)33-6-2)27(20(3)4)28-26(30)14-9-21-7-11-23(12-8-21)29-15-17-31-18-16-29/h7-14,19-20,27H,5-6,15-18H2,1-4H3,(H,28,30)/b14-9+. The second-order valence-electron chi connectivity index (χ2n) is 8.33. The van der Waals surface area contributed by atoms with E-state index in [1.54, 1.807) is 6.08 Å². The van der Waals surface area contributed by atoms with Gasteiger partial charge < -0.3 is 24.4 Å². The monoisotopic (exact) mass is 452 g/mol. The van der Waals surface area contributed by atoms with Crippen LogP contribution in [0.5, 0.6) is 11.5 Å². The lowest BCUT2D eigenvalue weighted by Crippen LogP contribution is -2.36. The molecule has 1 atom stereocenters. The molecule has 0 aliphatic carbocycles. The number of hydrogen-bond donors (Lipinski definition) is 1. The molecule has 0 bridgehead atoms. The van der Waals surface area contributed by atoms with Crippen LogP contribution in [0.1, 0.15) is 44.9 Å². The van der Waals surface area contributed by atoms with E-state index >= 15 is 0 Å². The molecule has 1 amide bonds. The van der Waals surface area contributed by atoms with E-state index in [2.05, 4.69) is 36.2 Å². The van der Waals surface area contributed by atoms with Crippen molar-refractivity contribution in [2.24, 2.45) is 5.92 Å². The highest BCUT2D eigenvalue weighted by Gasteiger charge is 2.19. The molecule has 2 aromatic carbocycles. The highest BCUT2D eigenvalue weighted by Crippen LogP contribution is 2.33. The topological polar surface area (TPSA) is 60.0 Å². The minimum atomic E-state index is -0.138. The van der Waals surface area contributed by atoms with Gasteiger partial charge in [0.05, 0.1) is 32.5 Å². The second-order valence-corrected chi connectivity index (χ2v) is 8.33. The molecule has 0 aromatic heterocycles. The average Bonchev–Trinajstić information content (AvgIpc) is 2.83. The molecule has 0 saturated carbocycles. The number of amides is 1. The first-order chi connectivity index (χ1) is 16.0. The smallest absolute Gasteiger partial charge is 0.244 e. The summed E-state index contributed by atoms with van der Waals surface area (Å²) in [5, 5.41) is 3.14. The number of carbonyl (C=O) groups is 1. The summed E-state index contributed by atoms with van der Waals surface area (Å²) in [7, 11) is 0. The first-order valence-electron chi connectivity index (χ1n) is 11.8. The maximum Gasteiger partial charge on any atom is 0.244 e. The second kappa shape index (κ2) is 12.3. The number of carbonyl (C=O) groups excluding carboxylic acids is 1. The fraction of sp³-hybridized carbons (Fsp3) is 0.444. The molecule has 1 aliphatic rings. The molecule has 1 N–H and O–H groups in total. The van der Waals surface area contributed by atoms with Crippen LogP contribution in [0.4, 0.5) is 5.69 Å². The largest absolute Gasteiger partial charge is 0.490 e. The van der Waals surface area contributed by atoms with Gasteiger partial charge in [-0.1, -0.05) is 32.0 Å². The number of anilines is 1. The Bertz CT molecular complexity index is 918. The summed E-state index contributed by atoms with van der Waals surface area (Å²) < 4.78 is 16.8. The van der Waals surface area contributed by atoms with Gasteiger partial charge in [0.15, 0.2) is 11.5 Å². The van der Waals surface area contributed by atoms with Crippen LogP contribution in [0.15, 0.2) is 48.5 Å². The Morgan fingerprint density at radius 2 is 1.70 bits per heavy atom. The fourth-order valence-corrected chi connectivity index (χ4v) is 3.89. The van der Waals surface area contributed by atoms with Gasteiger partial charge in [-0.05, 0) is 61.2 Å². The van der Waals surface area contributed by atoms with Crippen LogP contribution < -0.4 is 19.7 Å². The van der Waals surface area contributed by atoms with Gasteiger partial charge >= 0.3 is 0 Å².